The van der Waals surface area contributed by atoms with Crippen molar-refractivity contribution in [2.45, 2.75) is 58.8 Å². The average Bonchev–Trinajstić information content (AvgIpc) is 3.15. The van der Waals surface area contributed by atoms with Crippen LogP contribution in [-0.4, -0.2) is 37.0 Å². The maximum atomic E-state index is 7.41. The van der Waals surface area contributed by atoms with Crippen LogP contribution in [0.1, 0.15) is 58.8 Å². The van der Waals surface area contributed by atoms with E-state index < -0.39 is 0 Å². The molecule has 0 unspecified atom stereocenters. The monoisotopic (exact) mass is 278 g/mol. The van der Waals surface area contributed by atoms with Crippen molar-refractivity contribution in [1.82, 2.24) is 4.90 Å². The van der Waals surface area contributed by atoms with Crippen LogP contribution in [0, 0.1) is 22.2 Å². The highest BCUT2D eigenvalue weighted by molar-refractivity contribution is 5.69. The van der Waals surface area contributed by atoms with Gasteiger partial charge in [0.05, 0.1) is 6.61 Å². The summed E-state index contributed by atoms with van der Waals surface area (Å²) in [5.74, 6) is 1.40. The van der Waals surface area contributed by atoms with Crippen LogP contribution in [0.25, 0.3) is 0 Å². The molecule has 20 heavy (non-hydrogen) atoms. The molecule has 0 atom stereocenters. The van der Waals surface area contributed by atoms with Crippen LogP contribution in [0.2, 0.25) is 0 Å². The molecule has 0 radical (unpaired) electrons. The fourth-order valence-electron chi connectivity index (χ4n) is 4.31. The first kappa shape index (κ1) is 14.4. The Kier molecular flexibility index (Phi) is 3.83. The van der Waals surface area contributed by atoms with Gasteiger partial charge in [-0.25, -0.2) is 0 Å². The van der Waals surface area contributed by atoms with Gasteiger partial charge in [-0.15, -0.1) is 0 Å². The predicted molar refractivity (Wildman–Crippen MR) is 82.1 cm³/mol. The zero-order valence-electron chi connectivity index (χ0n) is 13.2. The van der Waals surface area contributed by atoms with E-state index in [0.717, 1.165) is 17.9 Å². The van der Waals surface area contributed by atoms with Gasteiger partial charge in [0.15, 0.2) is 5.90 Å². The van der Waals surface area contributed by atoms with Gasteiger partial charge >= 0.3 is 0 Å². The molecule has 0 bridgehead atoms. The minimum absolute atomic E-state index is 0.369. The van der Waals surface area contributed by atoms with Gasteiger partial charge < -0.3 is 9.64 Å². The van der Waals surface area contributed by atoms with Crippen molar-refractivity contribution < 1.29 is 4.74 Å². The van der Waals surface area contributed by atoms with E-state index in [1.54, 1.807) is 6.92 Å². The molecule has 3 fully saturated rings. The van der Waals surface area contributed by atoms with Crippen molar-refractivity contribution >= 4 is 5.90 Å². The molecule has 0 aromatic rings. The van der Waals surface area contributed by atoms with Crippen LogP contribution in [0.5, 0.6) is 0 Å². The van der Waals surface area contributed by atoms with Gasteiger partial charge in [-0.1, -0.05) is 13.3 Å². The summed E-state index contributed by atoms with van der Waals surface area (Å²) in [6.07, 6.45) is 9.81. The van der Waals surface area contributed by atoms with Gasteiger partial charge in [0.2, 0.25) is 0 Å². The van der Waals surface area contributed by atoms with Crippen molar-refractivity contribution in [3.63, 3.8) is 0 Å². The van der Waals surface area contributed by atoms with Crippen molar-refractivity contribution in [2.24, 2.45) is 16.7 Å². The normalized spacial score (nSPS) is 28.1. The van der Waals surface area contributed by atoms with Gasteiger partial charge in [0, 0.05) is 18.9 Å². The number of ether oxygens (including phenoxy) is 1. The highest BCUT2D eigenvalue weighted by Crippen LogP contribution is 2.54. The van der Waals surface area contributed by atoms with E-state index in [1.807, 2.05) is 0 Å². The molecule has 1 N–H and O–H groups in total. The van der Waals surface area contributed by atoms with Crippen LogP contribution >= 0.6 is 0 Å². The lowest BCUT2D eigenvalue weighted by Gasteiger charge is -2.52. The fraction of sp³-hybridized carbons (Fsp3) is 0.941. The molecule has 1 saturated heterocycles. The SMILES string of the molecule is CCC1CC2(CCN(CC3(COC(C)=N)CC3)CC2)C1. The zero-order valence-corrected chi connectivity index (χ0v) is 13.2. The van der Waals surface area contributed by atoms with Crippen LogP contribution in [0.3, 0.4) is 0 Å². The van der Waals surface area contributed by atoms with E-state index in [1.165, 1.54) is 64.6 Å². The smallest absolute Gasteiger partial charge is 0.177 e. The number of likely N-dealkylation sites (tertiary alicyclic amines) is 1. The van der Waals surface area contributed by atoms with E-state index in [-0.39, 0.29) is 0 Å². The van der Waals surface area contributed by atoms with Gasteiger partial charge in [-0.3, -0.25) is 5.41 Å². The quantitative estimate of drug-likeness (QED) is 0.615. The second-order valence-corrected chi connectivity index (χ2v) is 7.80. The Morgan fingerprint density at radius 1 is 1.20 bits per heavy atom. The van der Waals surface area contributed by atoms with Crippen molar-refractivity contribution in [3.8, 4) is 0 Å². The van der Waals surface area contributed by atoms with Gasteiger partial charge in [-0.2, -0.15) is 0 Å². The molecule has 0 aromatic heterocycles. The zero-order chi connectivity index (χ0) is 14.2. The molecule has 3 aliphatic rings. The lowest BCUT2D eigenvalue weighted by Crippen LogP contribution is -2.48. The number of rotatable bonds is 5. The van der Waals surface area contributed by atoms with Crippen molar-refractivity contribution in [1.29, 1.82) is 5.41 Å². The molecule has 2 aliphatic carbocycles. The van der Waals surface area contributed by atoms with Gasteiger partial charge in [0.25, 0.3) is 0 Å². The summed E-state index contributed by atoms with van der Waals surface area (Å²) in [7, 11) is 0. The Morgan fingerprint density at radius 2 is 1.85 bits per heavy atom. The Balaban J connectivity index is 1.42. The summed E-state index contributed by atoms with van der Waals surface area (Å²) in [6, 6.07) is 0. The van der Waals surface area contributed by atoms with E-state index in [2.05, 4.69) is 11.8 Å². The summed E-state index contributed by atoms with van der Waals surface area (Å²) in [5.41, 5.74) is 1.12. The number of nitrogens with zero attached hydrogens (tertiary/aromatic N) is 1. The maximum Gasteiger partial charge on any atom is 0.177 e. The lowest BCUT2D eigenvalue weighted by atomic mass is 9.57. The lowest BCUT2D eigenvalue weighted by molar-refractivity contribution is -0.0207. The molecular formula is C17H30N2O. The van der Waals surface area contributed by atoms with Gasteiger partial charge in [-0.05, 0) is 62.9 Å². The first-order valence-corrected chi connectivity index (χ1v) is 8.45. The Morgan fingerprint density at radius 3 is 2.35 bits per heavy atom. The molecule has 0 aromatic carbocycles. The molecule has 1 heterocycles. The molecular weight excluding hydrogens is 248 g/mol. The van der Waals surface area contributed by atoms with Crippen LogP contribution in [0.4, 0.5) is 0 Å². The third-order valence-corrected chi connectivity index (χ3v) is 6.05. The van der Waals surface area contributed by atoms with Crippen molar-refractivity contribution in [3.05, 3.63) is 0 Å². The number of piperidine rings is 1. The molecule has 1 spiro atoms. The Bertz CT molecular complexity index is 359. The summed E-state index contributed by atoms with van der Waals surface area (Å²) < 4.78 is 5.47. The summed E-state index contributed by atoms with van der Waals surface area (Å²) in [5, 5.41) is 7.41. The van der Waals surface area contributed by atoms with Crippen LogP contribution in [-0.2, 0) is 4.74 Å². The minimum atomic E-state index is 0.369. The summed E-state index contributed by atoms with van der Waals surface area (Å²) >= 11 is 0. The van der Waals surface area contributed by atoms with E-state index >= 15 is 0 Å². The Hall–Kier alpha value is -0.570. The van der Waals surface area contributed by atoms with E-state index in [4.69, 9.17) is 10.1 Å². The number of hydrogen-bond acceptors (Lipinski definition) is 3. The maximum absolute atomic E-state index is 7.41. The van der Waals surface area contributed by atoms with Crippen LogP contribution < -0.4 is 0 Å². The molecule has 114 valence electrons. The van der Waals surface area contributed by atoms with Crippen LogP contribution in [0.15, 0.2) is 0 Å². The third-order valence-electron chi connectivity index (χ3n) is 6.05. The minimum Gasteiger partial charge on any atom is -0.481 e. The summed E-state index contributed by atoms with van der Waals surface area (Å²) in [4.78, 5) is 2.67. The van der Waals surface area contributed by atoms with E-state index in [0.29, 0.717) is 11.3 Å². The second kappa shape index (κ2) is 5.32. The molecule has 2 saturated carbocycles. The molecule has 0 amide bonds. The predicted octanol–water partition coefficient (Wildman–Crippen LogP) is 3.68. The molecule has 3 rings (SSSR count). The third kappa shape index (κ3) is 3.03. The highest BCUT2D eigenvalue weighted by Gasteiger charge is 2.48. The topological polar surface area (TPSA) is 36.3 Å². The number of hydrogen-bond donors (Lipinski definition) is 1. The average molecular weight is 278 g/mol. The van der Waals surface area contributed by atoms with Gasteiger partial charge in [0.1, 0.15) is 0 Å². The van der Waals surface area contributed by atoms with Crippen molar-refractivity contribution in [2.75, 3.05) is 26.2 Å². The first-order valence-electron chi connectivity index (χ1n) is 8.45. The molecule has 3 heteroatoms. The number of nitrogens with one attached hydrogen (secondary N) is 1. The summed E-state index contributed by atoms with van der Waals surface area (Å²) in [6.45, 7) is 8.63. The van der Waals surface area contributed by atoms with E-state index in [9.17, 15) is 0 Å². The molecule has 3 nitrogen and oxygen atoms in total. The molecule has 1 aliphatic heterocycles. The fourth-order valence-corrected chi connectivity index (χ4v) is 4.31. The Labute approximate surface area is 123 Å². The highest BCUT2D eigenvalue weighted by atomic mass is 16.5. The second-order valence-electron chi connectivity index (χ2n) is 7.80. The first-order chi connectivity index (χ1) is 9.55. The standard InChI is InChI=1S/C17H30N2O/c1-3-15-10-16(11-15)6-8-19(9-7-16)12-17(4-5-17)13-20-14(2)18/h15,18H,3-13H2,1-2H3. The largest absolute Gasteiger partial charge is 0.481 e.